The molecule has 2 atom stereocenters. The molecule has 2 aromatic heterocycles. The molecule has 0 saturated carbocycles. The minimum absolute atomic E-state index is 0.113. The molecule has 3 heterocycles. The Morgan fingerprint density at radius 2 is 1.48 bits per heavy atom. The third-order valence-electron chi connectivity index (χ3n) is 5.88. The van der Waals surface area contributed by atoms with Gasteiger partial charge < -0.3 is 24.3 Å². The lowest BCUT2D eigenvalue weighted by Crippen LogP contribution is -2.30. The number of anilines is 1. The quantitative estimate of drug-likeness (QED) is 0.409. The van der Waals surface area contributed by atoms with Gasteiger partial charge in [0.15, 0.2) is 5.11 Å². The molecule has 5 rings (SSSR count). The minimum Gasteiger partial charge on any atom is -0.497 e. The first-order valence-corrected chi connectivity index (χ1v) is 11.1. The second-order valence-corrected chi connectivity index (χ2v) is 8.08. The van der Waals surface area contributed by atoms with Crippen molar-refractivity contribution in [3.63, 3.8) is 0 Å². The van der Waals surface area contributed by atoms with Gasteiger partial charge in [0.25, 0.3) is 0 Å². The van der Waals surface area contributed by atoms with Gasteiger partial charge in [-0.15, -0.1) is 0 Å². The second kappa shape index (κ2) is 8.96. The summed E-state index contributed by atoms with van der Waals surface area (Å²) < 4.78 is 12.9. The Balaban J connectivity index is 1.62. The van der Waals surface area contributed by atoms with Crippen LogP contribution in [0.4, 0.5) is 5.69 Å². The summed E-state index contributed by atoms with van der Waals surface area (Å²) in [7, 11) is 3.34. The zero-order valence-electron chi connectivity index (χ0n) is 18.4. The lowest BCUT2D eigenvalue weighted by atomic mass is 10.0. The Morgan fingerprint density at radius 3 is 2.09 bits per heavy atom. The van der Waals surface area contributed by atoms with Gasteiger partial charge in [0, 0.05) is 29.5 Å². The first kappa shape index (κ1) is 21.0. The molecule has 0 unspecified atom stereocenters. The van der Waals surface area contributed by atoms with Gasteiger partial charge in [-0.25, -0.2) is 0 Å². The van der Waals surface area contributed by atoms with Gasteiger partial charge in [0.05, 0.1) is 26.0 Å². The van der Waals surface area contributed by atoms with Crippen molar-refractivity contribution in [2.75, 3.05) is 19.1 Å². The third-order valence-corrected chi connectivity index (χ3v) is 6.20. The summed E-state index contributed by atoms with van der Waals surface area (Å²) in [5.41, 5.74) is 4.06. The molecule has 33 heavy (non-hydrogen) atoms. The zero-order valence-corrected chi connectivity index (χ0v) is 19.2. The summed E-state index contributed by atoms with van der Waals surface area (Å²) in [4.78, 5) is 6.80. The van der Waals surface area contributed by atoms with Crippen molar-refractivity contribution >= 4 is 23.0 Å². The molecule has 6 nitrogen and oxygen atoms in total. The van der Waals surface area contributed by atoms with Crippen LogP contribution in [-0.2, 0) is 0 Å². The van der Waals surface area contributed by atoms with Crippen LogP contribution in [0, 0.1) is 0 Å². The average Bonchev–Trinajstić information content (AvgIpc) is 3.49. The minimum atomic E-state index is -0.118. The average molecular weight is 457 g/mol. The van der Waals surface area contributed by atoms with Crippen molar-refractivity contribution in [1.29, 1.82) is 0 Å². The molecule has 1 N–H and O–H groups in total. The van der Waals surface area contributed by atoms with Gasteiger partial charge in [0.1, 0.15) is 17.5 Å². The van der Waals surface area contributed by atoms with Crippen molar-refractivity contribution in [1.82, 2.24) is 14.9 Å². The molecular weight excluding hydrogens is 432 g/mol. The highest BCUT2D eigenvalue weighted by Gasteiger charge is 2.42. The Hall–Kier alpha value is -3.84. The van der Waals surface area contributed by atoms with Crippen LogP contribution in [-0.4, -0.2) is 28.9 Å². The van der Waals surface area contributed by atoms with E-state index in [9.17, 15) is 0 Å². The predicted molar refractivity (Wildman–Crippen MR) is 133 cm³/mol. The van der Waals surface area contributed by atoms with E-state index in [1.165, 1.54) is 0 Å². The lowest BCUT2D eigenvalue weighted by Gasteiger charge is -2.29. The number of thiocarbonyl (C=S) groups is 1. The number of rotatable bonds is 6. The molecule has 0 bridgehead atoms. The van der Waals surface area contributed by atoms with Crippen molar-refractivity contribution in [2.24, 2.45) is 0 Å². The van der Waals surface area contributed by atoms with Gasteiger partial charge >= 0.3 is 0 Å². The van der Waals surface area contributed by atoms with E-state index >= 15 is 0 Å². The van der Waals surface area contributed by atoms with Crippen molar-refractivity contribution in [3.8, 4) is 17.2 Å². The van der Waals surface area contributed by atoms with Crippen LogP contribution >= 0.6 is 12.2 Å². The van der Waals surface area contributed by atoms with E-state index in [4.69, 9.17) is 21.7 Å². The molecule has 0 amide bonds. The number of ether oxygens (including phenoxy) is 2. The molecule has 1 aliphatic rings. The van der Waals surface area contributed by atoms with Gasteiger partial charge in [-0.3, -0.25) is 4.98 Å². The van der Waals surface area contributed by atoms with Crippen LogP contribution in [0.3, 0.4) is 0 Å². The van der Waals surface area contributed by atoms with Gasteiger partial charge in [0.2, 0.25) is 0 Å². The largest absolute Gasteiger partial charge is 0.497 e. The molecule has 1 fully saturated rings. The molecule has 4 aromatic rings. The number of benzene rings is 2. The first-order chi connectivity index (χ1) is 16.2. The summed E-state index contributed by atoms with van der Waals surface area (Å²) in [5, 5.41) is 4.17. The number of hydrogen-bond acceptors (Lipinski definition) is 4. The summed E-state index contributed by atoms with van der Waals surface area (Å²) >= 11 is 5.83. The molecule has 0 aliphatic carbocycles. The van der Waals surface area contributed by atoms with E-state index in [1.807, 2.05) is 60.8 Å². The number of pyridine rings is 1. The van der Waals surface area contributed by atoms with E-state index in [1.54, 1.807) is 14.2 Å². The number of nitrogens with one attached hydrogen (secondary N) is 1. The topological polar surface area (TPSA) is 51.5 Å². The van der Waals surface area contributed by atoms with Gasteiger partial charge in [-0.2, -0.15) is 0 Å². The summed E-state index contributed by atoms with van der Waals surface area (Å²) in [6.07, 6.45) is 3.88. The fourth-order valence-electron chi connectivity index (χ4n) is 4.29. The van der Waals surface area contributed by atoms with E-state index in [-0.39, 0.29) is 12.1 Å². The van der Waals surface area contributed by atoms with Crippen LogP contribution in [0.2, 0.25) is 0 Å². The molecule has 166 valence electrons. The molecule has 0 spiro atoms. The first-order valence-electron chi connectivity index (χ1n) is 10.7. The molecule has 7 heteroatoms. The fourth-order valence-corrected chi connectivity index (χ4v) is 4.64. The van der Waals surface area contributed by atoms with Crippen LogP contribution in [0.1, 0.15) is 23.5 Å². The van der Waals surface area contributed by atoms with Crippen molar-refractivity contribution in [2.45, 2.75) is 12.1 Å². The Morgan fingerprint density at radius 1 is 0.818 bits per heavy atom. The monoisotopic (exact) mass is 456 g/mol. The number of nitrogens with zero attached hydrogens (tertiary/aromatic N) is 3. The highest BCUT2D eigenvalue weighted by atomic mass is 32.1. The fraction of sp³-hybridized carbons (Fsp3) is 0.154. The number of aromatic nitrogens is 2. The van der Waals surface area contributed by atoms with Crippen LogP contribution in [0.15, 0.2) is 91.3 Å². The van der Waals surface area contributed by atoms with E-state index < -0.39 is 0 Å². The van der Waals surface area contributed by atoms with Crippen LogP contribution in [0.5, 0.6) is 11.5 Å². The maximum absolute atomic E-state index is 5.83. The Kier molecular flexibility index (Phi) is 5.71. The molecule has 0 radical (unpaired) electrons. The Labute approximate surface area is 198 Å². The molecule has 1 aliphatic heterocycles. The van der Waals surface area contributed by atoms with Crippen LogP contribution < -0.4 is 19.7 Å². The smallest absolute Gasteiger partial charge is 0.174 e. The van der Waals surface area contributed by atoms with E-state index in [2.05, 4.69) is 50.2 Å². The summed E-state index contributed by atoms with van der Waals surface area (Å²) in [6, 6.07) is 25.9. The maximum Gasteiger partial charge on any atom is 0.174 e. The van der Waals surface area contributed by atoms with Crippen LogP contribution in [0.25, 0.3) is 5.69 Å². The highest BCUT2D eigenvalue weighted by molar-refractivity contribution is 7.80. The maximum atomic E-state index is 5.83. The zero-order chi connectivity index (χ0) is 22.8. The number of hydrogen-bond donors (Lipinski definition) is 1. The normalized spacial score (nSPS) is 17.6. The molecule has 2 aromatic carbocycles. The van der Waals surface area contributed by atoms with Gasteiger partial charge in [-0.1, -0.05) is 6.07 Å². The summed E-state index contributed by atoms with van der Waals surface area (Å²) in [5.74, 6) is 1.62. The van der Waals surface area contributed by atoms with Crippen molar-refractivity contribution < 1.29 is 9.47 Å². The van der Waals surface area contributed by atoms with E-state index in [0.29, 0.717) is 5.11 Å². The van der Waals surface area contributed by atoms with E-state index in [0.717, 1.165) is 34.3 Å². The highest BCUT2D eigenvalue weighted by Crippen LogP contribution is 2.42. The lowest BCUT2D eigenvalue weighted by molar-refractivity contribution is 0.414. The standard InChI is InChI=1S/C26H24N4O2S/c1-31-20-12-8-18(9-13-20)29-17-5-7-23(29)25-24(22-6-3-4-16-27-22)28-26(33)30(25)19-10-14-21(32-2)15-11-19/h3-17,24-25H,1-2H3,(H,28,33)/t24-,25+/m1/s1. The van der Waals surface area contributed by atoms with Crippen molar-refractivity contribution in [3.05, 3.63) is 103 Å². The van der Waals surface area contributed by atoms with Gasteiger partial charge in [-0.05, 0) is 85.0 Å². The predicted octanol–water partition coefficient (Wildman–Crippen LogP) is 5.07. The third kappa shape index (κ3) is 3.91. The molecule has 1 saturated heterocycles. The SMILES string of the molecule is COc1ccc(N2C(=S)N[C@H](c3ccccn3)[C@@H]2c2cccn2-c2ccc(OC)cc2)cc1. The summed E-state index contributed by atoms with van der Waals surface area (Å²) in [6.45, 7) is 0. The second-order valence-electron chi connectivity index (χ2n) is 7.70. The number of methoxy groups -OCH3 is 2. The Bertz CT molecular complexity index is 1240. The molecular formula is C26H24N4O2S.